The summed E-state index contributed by atoms with van der Waals surface area (Å²) in [6.07, 6.45) is 0. The van der Waals surface area contributed by atoms with Crippen LogP contribution in [-0.2, 0) is 9.59 Å². The quantitative estimate of drug-likeness (QED) is 0.801. The number of hydrogen-bond donors (Lipinski definition) is 0. The first-order valence-electron chi connectivity index (χ1n) is 6.48. The minimum absolute atomic E-state index is 0.189. The van der Waals surface area contributed by atoms with Gasteiger partial charge < -0.3 is 0 Å². The summed E-state index contributed by atoms with van der Waals surface area (Å²) in [5, 5.41) is 0.189. The molecule has 0 radical (unpaired) electrons. The van der Waals surface area contributed by atoms with Crippen LogP contribution in [0.2, 0.25) is 0 Å². The minimum Gasteiger partial charge on any atom is -0.274 e. The summed E-state index contributed by atoms with van der Waals surface area (Å²) in [4.78, 5) is 26.3. The maximum Gasteiger partial charge on any atom is 0.267 e. The summed E-state index contributed by atoms with van der Waals surface area (Å²) in [6.45, 7) is 6.03. The second-order valence-corrected chi connectivity index (χ2v) is 6.32. The maximum absolute atomic E-state index is 13.0. The number of carbonyl (C=O) groups is 2. The van der Waals surface area contributed by atoms with Crippen molar-refractivity contribution in [2.24, 2.45) is 0 Å². The number of rotatable bonds is 4. The molecule has 0 unspecified atom stereocenters. The average molecular weight is 293 g/mol. The second-order valence-electron chi connectivity index (χ2n) is 4.73. The molecule has 0 spiro atoms. The molecule has 2 rings (SSSR count). The largest absolute Gasteiger partial charge is 0.274 e. The van der Waals surface area contributed by atoms with Crippen LogP contribution in [0.15, 0.2) is 29.2 Å². The fraction of sp³-hybridized carbons (Fsp3) is 0.333. The van der Waals surface area contributed by atoms with Crippen molar-refractivity contribution < 1.29 is 14.0 Å². The summed E-state index contributed by atoms with van der Waals surface area (Å²) < 4.78 is 13.0. The standard InChI is InChI=1S/C15H16FNO2S/c1-4-17-14(18)12(10-5-7-11(16)8-6-10)13(15(17)19)20-9(2)3/h5-9H,4H2,1-3H3. The third-order valence-electron chi connectivity index (χ3n) is 2.93. The lowest BCUT2D eigenvalue weighted by Gasteiger charge is -2.11. The van der Waals surface area contributed by atoms with Crippen molar-refractivity contribution in [1.29, 1.82) is 0 Å². The van der Waals surface area contributed by atoms with E-state index >= 15 is 0 Å². The third kappa shape index (κ3) is 2.63. The van der Waals surface area contributed by atoms with Gasteiger partial charge in [-0.15, -0.1) is 11.8 Å². The predicted octanol–water partition coefficient (Wildman–Crippen LogP) is 3.07. The lowest BCUT2D eigenvalue weighted by molar-refractivity contribution is -0.136. The zero-order chi connectivity index (χ0) is 14.9. The van der Waals surface area contributed by atoms with Crippen molar-refractivity contribution in [1.82, 2.24) is 4.90 Å². The molecule has 0 saturated heterocycles. The number of halogens is 1. The van der Waals surface area contributed by atoms with Crippen LogP contribution >= 0.6 is 11.8 Å². The number of amides is 2. The molecule has 3 nitrogen and oxygen atoms in total. The van der Waals surface area contributed by atoms with Crippen LogP contribution in [0, 0.1) is 5.82 Å². The van der Waals surface area contributed by atoms with Crippen LogP contribution in [0.1, 0.15) is 26.3 Å². The first-order valence-corrected chi connectivity index (χ1v) is 7.36. The van der Waals surface area contributed by atoms with Gasteiger partial charge in [0.05, 0.1) is 10.5 Å². The topological polar surface area (TPSA) is 37.4 Å². The molecular formula is C15H16FNO2S. The van der Waals surface area contributed by atoms with Gasteiger partial charge in [0.25, 0.3) is 11.8 Å². The van der Waals surface area contributed by atoms with Crippen molar-refractivity contribution in [2.45, 2.75) is 26.0 Å². The third-order valence-corrected chi connectivity index (χ3v) is 4.01. The summed E-state index contributed by atoms with van der Waals surface area (Å²) in [7, 11) is 0. The van der Waals surface area contributed by atoms with Gasteiger partial charge in [-0.2, -0.15) is 0 Å². The molecule has 0 atom stereocenters. The van der Waals surface area contributed by atoms with Crippen molar-refractivity contribution in [2.75, 3.05) is 6.54 Å². The van der Waals surface area contributed by atoms with E-state index in [4.69, 9.17) is 0 Å². The Bertz CT molecular complexity index is 578. The van der Waals surface area contributed by atoms with Crippen molar-refractivity contribution in [3.05, 3.63) is 40.6 Å². The highest BCUT2D eigenvalue weighted by molar-refractivity contribution is 8.04. The van der Waals surface area contributed by atoms with Gasteiger partial charge in [0.1, 0.15) is 5.82 Å². The fourth-order valence-electron chi connectivity index (χ4n) is 2.06. The number of benzene rings is 1. The Kier molecular flexibility index (Phi) is 4.28. The van der Waals surface area contributed by atoms with E-state index in [2.05, 4.69) is 0 Å². The summed E-state index contributed by atoms with van der Waals surface area (Å²) in [6, 6.07) is 5.67. The van der Waals surface area contributed by atoms with E-state index in [0.29, 0.717) is 22.6 Å². The lowest BCUT2D eigenvalue weighted by atomic mass is 10.1. The molecule has 0 fully saturated rings. The Hall–Kier alpha value is -1.62. The molecule has 1 aliphatic rings. The van der Waals surface area contributed by atoms with Gasteiger partial charge in [-0.05, 0) is 24.6 Å². The smallest absolute Gasteiger partial charge is 0.267 e. The van der Waals surface area contributed by atoms with Gasteiger partial charge >= 0.3 is 0 Å². The summed E-state index contributed by atoms with van der Waals surface area (Å²) >= 11 is 1.37. The minimum atomic E-state index is -0.364. The first kappa shape index (κ1) is 14.8. The molecule has 0 bridgehead atoms. The van der Waals surface area contributed by atoms with E-state index in [1.165, 1.54) is 40.9 Å². The number of imide groups is 1. The second kappa shape index (κ2) is 5.79. The molecule has 0 aliphatic carbocycles. The molecule has 2 amide bonds. The molecule has 1 aliphatic heterocycles. The van der Waals surface area contributed by atoms with E-state index in [0.717, 1.165) is 0 Å². The molecule has 1 heterocycles. The highest BCUT2D eigenvalue weighted by Crippen LogP contribution is 2.37. The van der Waals surface area contributed by atoms with E-state index in [1.807, 2.05) is 13.8 Å². The zero-order valence-corrected chi connectivity index (χ0v) is 12.5. The summed E-state index contributed by atoms with van der Waals surface area (Å²) in [5.74, 6) is -0.917. The molecule has 1 aromatic carbocycles. The Morgan fingerprint density at radius 2 is 1.75 bits per heavy atom. The normalized spacial score (nSPS) is 15.8. The molecule has 5 heteroatoms. The SMILES string of the molecule is CCN1C(=O)C(SC(C)C)=C(c2ccc(F)cc2)C1=O. The Morgan fingerprint density at radius 3 is 2.25 bits per heavy atom. The Balaban J connectivity index is 2.52. The van der Waals surface area contributed by atoms with Gasteiger partial charge in [0.2, 0.25) is 0 Å². The number of likely N-dealkylation sites (N-methyl/N-ethyl adjacent to an activating group) is 1. The van der Waals surface area contributed by atoms with E-state index < -0.39 is 0 Å². The number of nitrogens with zero attached hydrogens (tertiary/aromatic N) is 1. The lowest BCUT2D eigenvalue weighted by Crippen LogP contribution is -2.31. The number of carbonyl (C=O) groups excluding carboxylic acids is 2. The van der Waals surface area contributed by atoms with Crippen LogP contribution in [-0.4, -0.2) is 28.5 Å². The molecule has 0 saturated carbocycles. The van der Waals surface area contributed by atoms with Gasteiger partial charge in [-0.25, -0.2) is 4.39 Å². The monoisotopic (exact) mass is 293 g/mol. The van der Waals surface area contributed by atoms with E-state index in [1.54, 1.807) is 6.92 Å². The van der Waals surface area contributed by atoms with Crippen molar-refractivity contribution >= 4 is 29.1 Å². The van der Waals surface area contributed by atoms with Crippen LogP contribution in [0.25, 0.3) is 5.57 Å². The first-order chi connectivity index (χ1) is 9.45. The van der Waals surface area contributed by atoms with Crippen LogP contribution < -0.4 is 0 Å². The molecule has 0 N–H and O–H groups in total. The maximum atomic E-state index is 13.0. The van der Waals surface area contributed by atoms with Crippen molar-refractivity contribution in [3.63, 3.8) is 0 Å². The molecular weight excluding hydrogens is 277 g/mol. The molecule has 1 aromatic rings. The average Bonchev–Trinajstić information content (AvgIpc) is 2.62. The van der Waals surface area contributed by atoms with Gasteiger partial charge in [0.15, 0.2) is 0 Å². The zero-order valence-electron chi connectivity index (χ0n) is 11.6. The van der Waals surface area contributed by atoms with Gasteiger partial charge in [-0.3, -0.25) is 14.5 Å². The van der Waals surface area contributed by atoms with Crippen LogP contribution in [0.3, 0.4) is 0 Å². The number of hydrogen-bond acceptors (Lipinski definition) is 3. The number of thioether (sulfide) groups is 1. The van der Waals surface area contributed by atoms with Gasteiger partial charge in [0, 0.05) is 11.8 Å². The predicted molar refractivity (Wildman–Crippen MR) is 78.4 cm³/mol. The Labute approximate surface area is 121 Å². The Morgan fingerprint density at radius 1 is 1.15 bits per heavy atom. The molecule has 106 valence electrons. The summed E-state index contributed by atoms with van der Waals surface area (Å²) in [5.41, 5.74) is 0.972. The molecule has 0 aromatic heterocycles. The van der Waals surface area contributed by atoms with E-state index in [9.17, 15) is 14.0 Å². The van der Waals surface area contributed by atoms with Gasteiger partial charge in [-0.1, -0.05) is 26.0 Å². The van der Waals surface area contributed by atoms with Crippen LogP contribution in [0.4, 0.5) is 4.39 Å². The highest BCUT2D eigenvalue weighted by atomic mass is 32.2. The highest BCUT2D eigenvalue weighted by Gasteiger charge is 2.38. The van der Waals surface area contributed by atoms with Crippen LogP contribution in [0.5, 0.6) is 0 Å². The van der Waals surface area contributed by atoms with E-state index in [-0.39, 0.29) is 22.9 Å². The fourth-order valence-corrected chi connectivity index (χ4v) is 3.06. The van der Waals surface area contributed by atoms with Crippen molar-refractivity contribution in [3.8, 4) is 0 Å². The molecule has 20 heavy (non-hydrogen) atoms.